The van der Waals surface area contributed by atoms with Gasteiger partial charge in [0, 0.05) is 11.8 Å². The third-order valence-electron chi connectivity index (χ3n) is 4.09. The molecule has 0 bridgehead atoms. The van der Waals surface area contributed by atoms with Crippen molar-refractivity contribution in [2.45, 2.75) is 6.42 Å². The number of nitrogens with one attached hydrogen (secondary N) is 1. The number of methoxy groups -OCH3 is 1. The maximum absolute atomic E-state index is 12.6. The predicted octanol–water partition coefficient (Wildman–Crippen LogP) is 3.14. The molecule has 110 valence electrons. The van der Waals surface area contributed by atoms with Crippen molar-refractivity contribution in [1.82, 2.24) is 4.98 Å². The number of aromatic amines is 1. The first-order valence-corrected chi connectivity index (χ1v) is 7.23. The van der Waals surface area contributed by atoms with Crippen LogP contribution in [0.25, 0.3) is 22.0 Å². The summed E-state index contributed by atoms with van der Waals surface area (Å²) < 4.78 is 10.9. The summed E-state index contributed by atoms with van der Waals surface area (Å²) in [6.45, 7) is 0.596. The Morgan fingerprint density at radius 2 is 1.95 bits per heavy atom. The number of hydrogen-bond donors (Lipinski definition) is 1. The number of H-pyrrole nitrogens is 1. The van der Waals surface area contributed by atoms with Crippen molar-refractivity contribution in [3.63, 3.8) is 0 Å². The lowest BCUT2D eigenvalue weighted by atomic mass is 9.94. The van der Waals surface area contributed by atoms with Crippen LogP contribution in [0.2, 0.25) is 0 Å². The van der Waals surface area contributed by atoms with Gasteiger partial charge in [0.15, 0.2) is 0 Å². The van der Waals surface area contributed by atoms with E-state index in [9.17, 15) is 4.79 Å². The molecule has 4 rings (SSSR count). The molecule has 4 nitrogen and oxygen atoms in total. The summed E-state index contributed by atoms with van der Waals surface area (Å²) in [4.78, 5) is 15.5. The zero-order valence-electron chi connectivity index (χ0n) is 12.2. The van der Waals surface area contributed by atoms with Gasteiger partial charge >= 0.3 is 0 Å². The molecular weight excluding hydrogens is 278 g/mol. The minimum Gasteiger partial charge on any atom is -0.497 e. The molecule has 0 fully saturated rings. The summed E-state index contributed by atoms with van der Waals surface area (Å²) in [6.07, 6.45) is 0.735. The highest BCUT2D eigenvalue weighted by Gasteiger charge is 2.20. The summed E-state index contributed by atoms with van der Waals surface area (Å²) in [5.41, 5.74) is 3.45. The number of rotatable bonds is 2. The summed E-state index contributed by atoms with van der Waals surface area (Å²) in [5, 5.41) is 1.01. The Morgan fingerprint density at radius 1 is 1.14 bits per heavy atom. The third kappa shape index (κ3) is 1.88. The van der Waals surface area contributed by atoms with E-state index in [1.54, 1.807) is 7.11 Å². The lowest BCUT2D eigenvalue weighted by Gasteiger charge is -2.20. The van der Waals surface area contributed by atoms with E-state index in [0.29, 0.717) is 6.61 Å². The molecule has 0 spiro atoms. The Kier molecular flexibility index (Phi) is 2.89. The van der Waals surface area contributed by atoms with E-state index in [0.717, 1.165) is 45.5 Å². The highest BCUT2D eigenvalue weighted by Crippen LogP contribution is 2.35. The first-order chi connectivity index (χ1) is 10.8. The molecule has 0 aliphatic carbocycles. The average Bonchev–Trinajstić information content (AvgIpc) is 2.56. The van der Waals surface area contributed by atoms with Crippen molar-refractivity contribution < 1.29 is 9.47 Å². The van der Waals surface area contributed by atoms with Crippen molar-refractivity contribution >= 4 is 10.9 Å². The van der Waals surface area contributed by atoms with Crippen molar-refractivity contribution in [2.24, 2.45) is 0 Å². The molecule has 1 aliphatic rings. The van der Waals surface area contributed by atoms with Crippen molar-refractivity contribution in [1.29, 1.82) is 0 Å². The molecule has 0 unspecified atom stereocenters. The Morgan fingerprint density at radius 3 is 2.73 bits per heavy atom. The first kappa shape index (κ1) is 13.0. The molecule has 0 saturated carbocycles. The van der Waals surface area contributed by atoms with E-state index in [1.165, 1.54) is 0 Å². The monoisotopic (exact) mass is 293 g/mol. The molecule has 1 aliphatic heterocycles. The molecule has 3 aromatic rings. The van der Waals surface area contributed by atoms with Crippen molar-refractivity contribution in [2.75, 3.05) is 13.7 Å². The minimum absolute atomic E-state index is 0.0632. The fourth-order valence-corrected chi connectivity index (χ4v) is 3.09. The molecule has 1 aromatic heterocycles. The molecule has 2 heterocycles. The molecule has 1 N–H and O–H groups in total. The smallest absolute Gasteiger partial charge is 0.256 e. The van der Waals surface area contributed by atoms with E-state index < -0.39 is 0 Å². The van der Waals surface area contributed by atoms with Gasteiger partial charge in [-0.25, -0.2) is 0 Å². The van der Waals surface area contributed by atoms with Gasteiger partial charge in [-0.15, -0.1) is 0 Å². The first-order valence-electron chi connectivity index (χ1n) is 7.23. The van der Waals surface area contributed by atoms with Gasteiger partial charge in [0.2, 0.25) is 0 Å². The topological polar surface area (TPSA) is 51.3 Å². The van der Waals surface area contributed by atoms with E-state index in [2.05, 4.69) is 4.98 Å². The number of hydrogen-bond acceptors (Lipinski definition) is 3. The minimum atomic E-state index is -0.0632. The normalized spacial score (nSPS) is 13.0. The zero-order chi connectivity index (χ0) is 15.1. The summed E-state index contributed by atoms with van der Waals surface area (Å²) >= 11 is 0. The Balaban J connectivity index is 2.03. The van der Waals surface area contributed by atoms with E-state index in [-0.39, 0.29) is 5.56 Å². The number of benzene rings is 2. The van der Waals surface area contributed by atoms with E-state index in [4.69, 9.17) is 9.47 Å². The second-order valence-electron chi connectivity index (χ2n) is 5.31. The molecule has 22 heavy (non-hydrogen) atoms. The van der Waals surface area contributed by atoms with Crippen LogP contribution in [-0.4, -0.2) is 18.7 Å². The lowest BCUT2D eigenvalue weighted by Crippen LogP contribution is -2.18. The third-order valence-corrected chi connectivity index (χ3v) is 4.09. The number of aromatic nitrogens is 1. The highest BCUT2D eigenvalue weighted by atomic mass is 16.5. The molecule has 0 saturated heterocycles. The molecule has 0 radical (unpaired) electrons. The Labute approximate surface area is 127 Å². The molecule has 2 aromatic carbocycles. The van der Waals surface area contributed by atoms with E-state index in [1.807, 2.05) is 42.5 Å². The molecule has 4 heteroatoms. The van der Waals surface area contributed by atoms with Crippen LogP contribution in [0.1, 0.15) is 5.56 Å². The summed E-state index contributed by atoms with van der Waals surface area (Å²) in [7, 11) is 1.63. The Hall–Kier alpha value is -2.75. The van der Waals surface area contributed by atoms with Gasteiger partial charge in [-0.05, 0) is 35.4 Å². The van der Waals surface area contributed by atoms with Gasteiger partial charge in [0.25, 0.3) is 5.56 Å². The standard InChI is InChI=1S/C18H15NO3/c1-21-12-7-5-11(6-8-12)16-13-9-10-22-15-4-2-3-14(17(13)15)19-18(16)20/h2-8H,9-10H2,1H3,(H,19,20). The van der Waals surface area contributed by atoms with Gasteiger partial charge in [0.05, 0.1) is 24.8 Å². The number of pyridine rings is 1. The number of ether oxygens (including phenoxy) is 2. The van der Waals surface area contributed by atoms with Crippen LogP contribution in [0.3, 0.4) is 0 Å². The maximum Gasteiger partial charge on any atom is 0.256 e. The quantitative estimate of drug-likeness (QED) is 0.789. The van der Waals surface area contributed by atoms with Gasteiger partial charge in [-0.2, -0.15) is 0 Å². The van der Waals surface area contributed by atoms with Crippen LogP contribution in [0.15, 0.2) is 47.3 Å². The fourth-order valence-electron chi connectivity index (χ4n) is 3.09. The van der Waals surface area contributed by atoms with Crippen LogP contribution in [0.5, 0.6) is 11.5 Å². The van der Waals surface area contributed by atoms with Crippen LogP contribution in [0, 0.1) is 0 Å². The van der Waals surface area contributed by atoms with Gasteiger partial charge in [0.1, 0.15) is 11.5 Å². The molecule has 0 atom stereocenters. The SMILES string of the molecule is COc1ccc(-c2c3c4c(cccc4[nH]c2=O)OCC3)cc1. The summed E-state index contributed by atoms with van der Waals surface area (Å²) in [6, 6.07) is 13.3. The predicted molar refractivity (Wildman–Crippen MR) is 85.8 cm³/mol. The van der Waals surface area contributed by atoms with Gasteiger partial charge in [-0.1, -0.05) is 18.2 Å². The van der Waals surface area contributed by atoms with Crippen LogP contribution in [-0.2, 0) is 6.42 Å². The second-order valence-corrected chi connectivity index (χ2v) is 5.31. The summed E-state index contributed by atoms with van der Waals surface area (Å²) in [5.74, 6) is 1.61. The van der Waals surface area contributed by atoms with Crippen LogP contribution >= 0.6 is 0 Å². The largest absolute Gasteiger partial charge is 0.497 e. The fraction of sp³-hybridized carbons (Fsp3) is 0.167. The highest BCUT2D eigenvalue weighted by molar-refractivity contribution is 5.93. The average molecular weight is 293 g/mol. The molecule has 0 amide bonds. The Bertz CT molecular complexity index is 910. The maximum atomic E-state index is 12.6. The van der Waals surface area contributed by atoms with Crippen molar-refractivity contribution in [3.05, 3.63) is 58.4 Å². The second kappa shape index (κ2) is 4.91. The van der Waals surface area contributed by atoms with E-state index >= 15 is 0 Å². The van der Waals surface area contributed by atoms with Gasteiger partial charge < -0.3 is 14.5 Å². The van der Waals surface area contributed by atoms with Crippen LogP contribution in [0.4, 0.5) is 0 Å². The zero-order valence-corrected chi connectivity index (χ0v) is 12.2. The van der Waals surface area contributed by atoms with Crippen molar-refractivity contribution in [3.8, 4) is 22.6 Å². The lowest BCUT2D eigenvalue weighted by molar-refractivity contribution is 0.318. The molecular formula is C18H15NO3. The van der Waals surface area contributed by atoms with Gasteiger partial charge in [-0.3, -0.25) is 4.79 Å². The van der Waals surface area contributed by atoms with Crippen LogP contribution < -0.4 is 15.0 Å².